The monoisotopic (exact) mass is 213 g/mol. The van der Waals surface area contributed by atoms with E-state index >= 15 is 0 Å². The zero-order valence-electron chi connectivity index (χ0n) is 10.7. The van der Waals surface area contributed by atoms with Gasteiger partial charge in [0.15, 0.2) is 0 Å². The summed E-state index contributed by atoms with van der Waals surface area (Å²) in [5.74, 6) is 1.55. The second-order valence-corrected chi connectivity index (χ2v) is 5.49. The molecule has 0 bridgehead atoms. The molecule has 0 spiro atoms. The first-order chi connectivity index (χ1) is 7.02. The van der Waals surface area contributed by atoms with E-state index in [4.69, 9.17) is 0 Å². The third-order valence-electron chi connectivity index (χ3n) is 3.88. The maximum Gasteiger partial charge on any atom is 0.0662 e. The minimum Gasteiger partial charge on any atom is -0.392 e. The number of hydrogen-bond acceptors (Lipinski definition) is 2. The van der Waals surface area contributed by atoms with Crippen LogP contribution in [0.4, 0.5) is 0 Å². The van der Waals surface area contributed by atoms with E-state index < -0.39 is 0 Å². The Labute approximate surface area is 94.5 Å². The standard InChI is InChI=1S/C13H27NO/c1-9(2)12-7-5-6-8-13(12)14-10(3)11(4)15/h9-15H,5-8H2,1-4H3. The van der Waals surface area contributed by atoms with Crippen molar-refractivity contribution < 1.29 is 5.11 Å². The molecular weight excluding hydrogens is 186 g/mol. The fraction of sp³-hybridized carbons (Fsp3) is 1.00. The number of rotatable bonds is 4. The van der Waals surface area contributed by atoms with Gasteiger partial charge in [0.25, 0.3) is 0 Å². The minimum absolute atomic E-state index is 0.217. The summed E-state index contributed by atoms with van der Waals surface area (Å²) in [6, 6.07) is 0.831. The predicted molar refractivity (Wildman–Crippen MR) is 64.9 cm³/mol. The van der Waals surface area contributed by atoms with Gasteiger partial charge in [-0.2, -0.15) is 0 Å². The van der Waals surface area contributed by atoms with Gasteiger partial charge < -0.3 is 10.4 Å². The van der Waals surface area contributed by atoms with Crippen LogP contribution in [0.25, 0.3) is 0 Å². The van der Waals surface area contributed by atoms with E-state index in [1.165, 1.54) is 25.7 Å². The fourth-order valence-electron chi connectivity index (χ4n) is 2.64. The molecule has 1 fully saturated rings. The third kappa shape index (κ3) is 3.76. The second-order valence-electron chi connectivity index (χ2n) is 5.49. The summed E-state index contributed by atoms with van der Waals surface area (Å²) in [5.41, 5.74) is 0. The second kappa shape index (κ2) is 5.86. The van der Waals surface area contributed by atoms with Crippen LogP contribution in [0.2, 0.25) is 0 Å². The Hall–Kier alpha value is -0.0800. The van der Waals surface area contributed by atoms with Crippen molar-refractivity contribution in [2.75, 3.05) is 0 Å². The van der Waals surface area contributed by atoms with Gasteiger partial charge in [0.1, 0.15) is 0 Å². The van der Waals surface area contributed by atoms with Gasteiger partial charge in [-0.05, 0) is 38.5 Å². The summed E-state index contributed by atoms with van der Waals surface area (Å²) in [5, 5.41) is 13.1. The van der Waals surface area contributed by atoms with Crippen molar-refractivity contribution in [1.29, 1.82) is 0 Å². The fourth-order valence-corrected chi connectivity index (χ4v) is 2.64. The normalized spacial score (nSPS) is 31.6. The van der Waals surface area contributed by atoms with Crippen LogP contribution in [0.3, 0.4) is 0 Å². The van der Waals surface area contributed by atoms with E-state index in [9.17, 15) is 5.11 Å². The van der Waals surface area contributed by atoms with E-state index in [0.29, 0.717) is 6.04 Å². The Balaban J connectivity index is 2.49. The summed E-state index contributed by atoms with van der Waals surface area (Å²) in [6.45, 7) is 8.58. The zero-order chi connectivity index (χ0) is 11.4. The Bertz CT molecular complexity index is 179. The highest BCUT2D eigenvalue weighted by molar-refractivity contribution is 4.85. The van der Waals surface area contributed by atoms with Crippen LogP contribution in [0.5, 0.6) is 0 Å². The van der Waals surface area contributed by atoms with Crippen LogP contribution < -0.4 is 5.32 Å². The molecule has 0 aromatic heterocycles. The first-order valence-electron chi connectivity index (χ1n) is 6.46. The van der Waals surface area contributed by atoms with E-state index in [2.05, 4.69) is 26.1 Å². The molecule has 0 amide bonds. The van der Waals surface area contributed by atoms with Crippen molar-refractivity contribution in [3.8, 4) is 0 Å². The van der Waals surface area contributed by atoms with Gasteiger partial charge >= 0.3 is 0 Å². The summed E-state index contributed by atoms with van der Waals surface area (Å²) in [7, 11) is 0. The third-order valence-corrected chi connectivity index (χ3v) is 3.88. The molecule has 4 atom stereocenters. The Morgan fingerprint density at radius 2 is 1.67 bits per heavy atom. The molecule has 1 saturated carbocycles. The van der Waals surface area contributed by atoms with Gasteiger partial charge in [0, 0.05) is 12.1 Å². The lowest BCUT2D eigenvalue weighted by molar-refractivity contribution is 0.119. The van der Waals surface area contributed by atoms with Crippen molar-refractivity contribution in [3.63, 3.8) is 0 Å². The average molecular weight is 213 g/mol. The highest BCUT2D eigenvalue weighted by Gasteiger charge is 2.28. The lowest BCUT2D eigenvalue weighted by Gasteiger charge is -2.37. The van der Waals surface area contributed by atoms with E-state index in [0.717, 1.165) is 11.8 Å². The van der Waals surface area contributed by atoms with Crippen molar-refractivity contribution in [2.45, 2.75) is 71.6 Å². The van der Waals surface area contributed by atoms with Gasteiger partial charge in [-0.3, -0.25) is 0 Å². The maximum atomic E-state index is 9.51. The summed E-state index contributed by atoms with van der Waals surface area (Å²) in [6.07, 6.45) is 5.10. The van der Waals surface area contributed by atoms with E-state index in [-0.39, 0.29) is 12.1 Å². The summed E-state index contributed by atoms with van der Waals surface area (Å²) < 4.78 is 0. The predicted octanol–water partition coefficient (Wildman–Crippen LogP) is 2.56. The van der Waals surface area contributed by atoms with Crippen LogP contribution in [-0.4, -0.2) is 23.3 Å². The molecule has 0 aromatic carbocycles. The van der Waals surface area contributed by atoms with E-state index in [1.807, 2.05) is 6.92 Å². The molecule has 0 saturated heterocycles. The Kier molecular flexibility index (Phi) is 5.07. The number of nitrogens with one attached hydrogen (secondary N) is 1. The van der Waals surface area contributed by atoms with Crippen LogP contribution >= 0.6 is 0 Å². The lowest BCUT2D eigenvalue weighted by Crippen LogP contribution is -2.48. The SMILES string of the molecule is CC(C)C1CCCCC1NC(C)C(C)O. The Morgan fingerprint density at radius 1 is 1.07 bits per heavy atom. The molecule has 90 valence electrons. The highest BCUT2D eigenvalue weighted by Crippen LogP contribution is 2.30. The van der Waals surface area contributed by atoms with Crippen LogP contribution in [0, 0.1) is 11.8 Å². The van der Waals surface area contributed by atoms with Gasteiger partial charge in [-0.15, -0.1) is 0 Å². The molecule has 2 N–H and O–H groups in total. The molecule has 2 heteroatoms. The molecule has 0 aromatic rings. The minimum atomic E-state index is -0.250. The zero-order valence-corrected chi connectivity index (χ0v) is 10.7. The van der Waals surface area contributed by atoms with Gasteiger partial charge in [-0.25, -0.2) is 0 Å². The molecule has 15 heavy (non-hydrogen) atoms. The average Bonchev–Trinajstić information content (AvgIpc) is 2.18. The lowest BCUT2D eigenvalue weighted by atomic mass is 9.77. The smallest absolute Gasteiger partial charge is 0.0662 e. The topological polar surface area (TPSA) is 32.3 Å². The first kappa shape index (κ1) is 13.0. The molecular formula is C13H27NO. The largest absolute Gasteiger partial charge is 0.392 e. The molecule has 4 unspecified atom stereocenters. The number of aliphatic hydroxyl groups is 1. The van der Waals surface area contributed by atoms with Crippen molar-refractivity contribution in [2.24, 2.45) is 11.8 Å². The molecule has 1 aliphatic rings. The highest BCUT2D eigenvalue weighted by atomic mass is 16.3. The van der Waals surface area contributed by atoms with Crippen molar-refractivity contribution in [1.82, 2.24) is 5.32 Å². The quantitative estimate of drug-likeness (QED) is 0.752. The van der Waals surface area contributed by atoms with Crippen LogP contribution in [0.1, 0.15) is 53.4 Å². The first-order valence-corrected chi connectivity index (χ1v) is 6.46. The van der Waals surface area contributed by atoms with E-state index in [1.54, 1.807) is 0 Å². The van der Waals surface area contributed by atoms with Crippen LogP contribution in [-0.2, 0) is 0 Å². The van der Waals surface area contributed by atoms with Crippen LogP contribution in [0.15, 0.2) is 0 Å². The number of aliphatic hydroxyl groups excluding tert-OH is 1. The Morgan fingerprint density at radius 3 is 2.20 bits per heavy atom. The molecule has 0 aliphatic heterocycles. The molecule has 2 nitrogen and oxygen atoms in total. The number of hydrogen-bond donors (Lipinski definition) is 2. The van der Waals surface area contributed by atoms with Gasteiger partial charge in [-0.1, -0.05) is 26.7 Å². The van der Waals surface area contributed by atoms with Gasteiger partial charge in [0.2, 0.25) is 0 Å². The molecule has 1 aliphatic carbocycles. The summed E-state index contributed by atoms with van der Waals surface area (Å²) >= 11 is 0. The maximum absolute atomic E-state index is 9.51. The molecule has 0 radical (unpaired) electrons. The summed E-state index contributed by atoms with van der Waals surface area (Å²) in [4.78, 5) is 0. The van der Waals surface area contributed by atoms with Gasteiger partial charge in [0.05, 0.1) is 6.10 Å². The molecule has 0 heterocycles. The van der Waals surface area contributed by atoms with Crippen molar-refractivity contribution in [3.05, 3.63) is 0 Å². The molecule has 1 rings (SSSR count). The van der Waals surface area contributed by atoms with Crippen molar-refractivity contribution >= 4 is 0 Å².